The van der Waals surface area contributed by atoms with Crippen LogP contribution >= 0.6 is 0 Å². The summed E-state index contributed by atoms with van der Waals surface area (Å²) in [6.45, 7) is 2.01. The fraction of sp³-hybridized carbons (Fsp3) is 0.118. The number of hydrazone groups is 1. The monoisotopic (exact) mass is 328 g/mol. The summed E-state index contributed by atoms with van der Waals surface area (Å²) in [5, 5.41) is 3.79. The average molecular weight is 328 g/mol. The summed E-state index contributed by atoms with van der Waals surface area (Å²) in [7, 11) is -3.70. The number of aryl methyl sites for hydroxylation is 1. The first-order valence-electron chi connectivity index (χ1n) is 6.80. The molecule has 0 saturated heterocycles. The van der Waals surface area contributed by atoms with E-state index in [9.17, 15) is 8.42 Å². The highest BCUT2D eigenvalue weighted by molar-refractivity contribution is 7.89. The Bertz CT molecular complexity index is 835. The van der Waals surface area contributed by atoms with Crippen molar-refractivity contribution in [1.29, 1.82) is 0 Å². The van der Waals surface area contributed by atoms with Crippen LogP contribution in [-0.4, -0.2) is 21.2 Å². The van der Waals surface area contributed by atoms with Gasteiger partial charge >= 0.3 is 0 Å². The molecule has 0 fully saturated rings. The van der Waals surface area contributed by atoms with Crippen LogP contribution in [0.1, 0.15) is 11.1 Å². The molecule has 2 aromatic carbocycles. The fourth-order valence-electron chi connectivity index (χ4n) is 1.77. The first-order valence-corrected chi connectivity index (χ1v) is 8.28. The lowest BCUT2D eigenvalue weighted by Crippen LogP contribution is -2.18. The molecule has 5 nitrogen and oxygen atoms in total. The van der Waals surface area contributed by atoms with E-state index in [0.29, 0.717) is 11.3 Å². The Morgan fingerprint density at radius 1 is 1.22 bits per heavy atom. The number of hydrogen-bond donors (Lipinski definition) is 1. The zero-order chi connectivity index (χ0) is 16.7. The number of benzene rings is 2. The molecule has 118 valence electrons. The lowest BCUT2D eigenvalue weighted by atomic mass is 10.2. The molecule has 0 aromatic heterocycles. The van der Waals surface area contributed by atoms with E-state index < -0.39 is 10.0 Å². The summed E-state index contributed by atoms with van der Waals surface area (Å²) < 4.78 is 29.6. The predicted octanol–water partition coefficient (Wildman–Crippen LogP) is 2.32. The summed E-state index contributed by atoms with van der Waals surface area (Å²) >= 11 is 0. The topological polar surface area (TPSA) is 67.8 Å². The van der Waals surface area contributed by atoms with E-state index in [2.05, 4.69) is 15.9 Å². The second-order valence-corrected chi connectivity index (χ2v) is 6.36. The van der Waals surface area contributed by atoms with Gasteiger partial charge in [0.05, 0.1) is 11.1 Å². The molecule has 1 N–H and O–H groups in total. The van der Waals surface area contributed by atoms with Gasteiger partial charge in [-0.1, -0.05) is 35.7 Å². The van der Waals surface area contributed by atoms with Crippen LogP contribution in [0.3, 0.4) is 0 Å². The lowest BCUT2D eigenvalue weighted by Gasteiger charge is -2.06. The highest BCUT2D eigenvalue weighted by Crippen LogP contribution is 2.15. The van der Waals surface area contributed by atoms with Crippen molar-refractivity contribution in [3.8, 4) is 18.1 Å². The van der Waals surface area contributed by atoms with Crippen LogP contribution in [0.4, 0.5) is 0 Å². The Labute approximate surface area is 136 Å². The van der Waals surface area contributed by atoms with Gasteiger partial charge in [-0.25, -0.2) is 4.83 Å². The lowest BCUT2D eigenvalue weighted by molar-refractivity contribution is 0.370. The number of hydrogen-bond acceptors (Lipinski definition) is 4. The molecular formula is C17H16N2O3S. The number of rotatable bonds is 6. The predicted molar refractivity (Wildman–Crippen MR) is 89.9 cm³/mol. The van der Waals surface area contributed by atoms with Gasteiger partial charge in [0.2, 0.25) is 0 Å². The zero-order valence-electron chi connectivity index (χ0n) is 12.6. The molecule has 23 heavy (non-hydrogen) atoms. The van der Waals surface area contributed by atoms with Crippen LogP contribution in [0.2, 0.25) is 0 Å². The molecule has 0 unspecified atom stereocenters. The molecule has 0 atom stereocenters. The van der Waals surface area contributed by atoms with Gasteiger partial charge in [-0.05, 0) is 31.2 Å². The molecule has 0 spiro atoms. The van der Waals surface area contributed by atoms with Crippen LogP contribution in [0.5, 0.6) is 5.75 Å². The third-order valence-corrected chi connectivity index (χ3v) is 4.18. The SMILES string of the molecule is C#CCOc1ccccc1/C=N\NS(=O)(=O)c1ccc(C)cc1. The molecule has 0 heterocycles. The second-order valence-electron chi connectivity index (χ2n) is 4.70. The van der Waals surface area contributed by atoms with Crippen LogP contribution in [0, 0.1) is 19.3 Å². The Kier molecular flexibility index (Phi) is 5.39. The minimum absolute atomic E-state index is 0.125. The van der Waals surface area contributed by atoms with Gasteiger partial charge in [0.25, 0.3) is 10.0 Å². The van der Waals surface area contributed by atoms with Crippen LogP contribution < -0.4 is 9.57 Å². The van der Waals surface area contributed by atoms with Crippen molar-refractivity contribution in [1.82, 2.24) is 4.83 Å². The van der Waals surface area contributed by atoms with E-state index in [0.717, 1.165) is 5.56 Å². The smallest absolute Gasteiger partial charge is 0.276 e. The molecule has 0 saturated carbocycles. The Morgan fingerprint density at radius 2 is 1.91 bits per heavy atom. The Balaban J connectivity index is 2.12. The Morgan fingerprint density at radius 3 is 2.61 bits per heavy atom. The van der Waals surface area contributed by atoms with Crippen molar-refractivity contribution in [2.75, 3.05) is 6.61 Å². The largest absolute Gasteiger partial charge is 0.480 e. The number of sulfonamides is 1. The highest BCUT2D eigenvalue weighted by atomic mass is 32.2. The molecule has 0 aliphatic rings. The first kappa shape index (κ1) is 16.6. The molecule has 0 aliphatic heterocycles. The standard InChI is InChI=1S/C17H16N2O3S/c1-3-12-22-17-7-5-4-6-15(17)13-18-19-23(20,21)16-10-8-14(2)9-11-16/h1,4-11,13,19H,12H2,2H3/b18-13-. The fourth-order valence-corrected chi connectivity index (χ4v) is 2.56. The van der Waals surface area contributed by atoms with E-state index in [1.807, 2.05) is 6.92 Å². The average Bonchev–Trinajstić information content (AvgIpc) is 2.54. The van der Waals surface area contributed by atoms with E-state index in [1.165, 1.54) is 18.3 Å². The summed E-state index contributed by atoms with van der Waals surface area (Å²) in [6, 6.07) is 13.6. The summed E-state index contributed by atoms with van der Waals surface area (Å²) in [5.41, 5.74) is 1.60. The maximum atomic E-state index is 12.1. The van der Waals surface area contributed by atoms with E-state index >= 15 is 0 Å². The van der Waals surface area contributed by atoms with Crippen LogP contribution in [0.15, 0.2) is 58.5 Å². The van der Waals surface area contributed by atoms with Crippen molar-refractivity contribution in [2.24, 2.45) is 5.10 Å². The van der Waals surface area contributed by atoms with Crippen molar-refractivity contribution >= 4 is 16.2 Å². The number of nitrogens with zero attached hydrogens (tertiary/aromatic N) is 1. The van der Waals surface area contributed by atoms with Crippen LogP contribution in [-0.2, 0) is 10.0 Å². The van der Waals surface area contributed by atoms with Gasteiger partial charge in [0, 0.05) is 5.56 Å². The minimum atomic E-state index is -3.70. The third kappa shape index (κ3) is 4.59. The van der Waals surface area contributed by atoms with Gasteiger partial charge in [-0.15, -0.1) is 6.42 Å². The summed E-state index contributed by atoms with van der Waals surface area (Å²) in [5.74, 6) is 2.90. The summed E-state index contributed by atoms with van der Waals surface area (Å²) in [4.78, 5) is 2.32. The third-order valence-electron chi connectivity index (χ3n) is 2.94. The molecule has 6 heteroatoms. The van der Waals surface area contributed by atoms with Crippen molar-refractivity contribution in [2.45, 2.75) is 11.8 Å². The molecule has 0 aliphatic carbocycles. The zero-order valence-corrected chi connectivity index (χ0v) is 13.4. The molecular weight excluding hydrogens is 312 g/mol. The number of para-hydroxylation sites is 1. The normalized spacial score (nSPS) is 11.1. The molecule has 0 amide bonds. The number of nitrogens with one attached hydrogen (secondary N) is 1. The molecule has 2 rings (SSSR count). The molecule has 0 bridgehead atoms. The van der Waals surface area contributed by atoms with Gasteiger partial charge in [-0.2, -0.15) is 13.5 Å². The van der Waals surface area contributed by atoms with Crippen molar-refractivity contribution in [3.63, 3.8) is 0 Å². The second kappa shape index (κ2) is 7.47. The van der Waals surface area contributed by atoms with Crippen molar-refractivity contribution < 1.29 is 13.2 Å². The number of ether oxygens (including phenoxy) is 1. The van der Waals surface area contributed by atoms with Gasteiger partial charge in [0.15, 0.2) is 0 Å². The van der Waals surface area contributed by atoms with E-state index in [4.69, 9.17) is 11.2 Å². The molecule has 2 aromatic rings. The summed E-state index contributed by atoms with van der Waals surface area (Å²) in [6.07, 6.45) is 6.53. The number of terminal acetylenes is 1. The van der Waals surface area contributed by atoms with E-state index in [-0.39, 0.29) is 11.5 Å². The minimum Gasteiger partial charge on any atom is -0.480 e. The maximum Gasteiger partial charge on any atom is 0.276 e. The van der Waals surface area contributed by atoms with Crippen molar-refractivity contribution in [3.05, 3.63) is 59.7 Å². The van der Waals surface area contributed by atoms with Gasteiger partial charge in [-0.3, -0.25) is 0 Å². The quantitative estimate of drug-likeness (QED) is 0.503. The molecule has 0 radical (unpaired) electrons. The maximum absolute atomic E-state index is 12.1. The van der Waals surface area contributed by atoms with Gasteiger partial charge < -0.3 is 4.74 Å². The van der Waals surface area contributed by atoms with E-state index in [1.54, 1.807) is 36.4 Å². The first-order chi connectivity index (χ1) is 11.0. The Hall–Kier alpha value is -2.78. The van der Waals surface area contributed by atoms with Gasteiger partial charge in [0.1, 0.15) is 12.4 Å². The highest BCUT2D eigenvalue weighted by Gasteiger charge is 2.11. The van der Waals surface area contributed by atoms with Crippen LogP contribution in [0.25, 0.3) is 0 Å².